The molecule has 1 aliphatic heterocycles. The summed E-state index contributed by atoms with van der Waals surface area (Å²) in [5, 5.41) is 4.46. The lowest BCUT2D eigenvalue weighted by Gasteiger charge is -2.39. The molecule has 2 aromatic carbocycles. The second-order valence-electron chi connectivity index (χ2n) is 7.76. The quantitative estimate of drug-likeness (QED) is 0.561. The van der Waals surface area contributed by atoms with Crippen LogP contribution in [0.1, 0.15) is 48.0 Å². The Bertz CT molecular complexity index is 1110. The number of carbonyl (C=O) groups is 2. The molecule has 160 valence electrons. The number of aryl methyl sites for hydroxylation is 1. The predicted molar refractivity (Wildman–Crippen MR) is 121 cm³/mol. The van der Waals surface area contributed by atoms with Gasteiger partial charge in [-0.1, -0.05) is 35.0 Å². The molecule has 4 rings (SSSR count). The lowest BCUT2D eigenvalue weighted by Crippen LogP contribution is -2.46. The first-order chi connectivity index (χ1) is 14.9. The van der Waals surface area contributed by atoms with Gasteiger partial charge in [0.1, 0.15) is 0 Å². The lowest BCUT2D eigenvalue weighted by molar-refractivity contribution is -0.120. The molecular formula is C24H24ClN3O3. The first-order valence-corrected chi connectivity index (χ1v) is 10.7. The average molecular weight is 438 g/mol. The molecule has 3 aromatic rings. The van der Waals surface area contributed by atoms with E-state index in [9.17, 15) is 9.59 Å². The third-order valence-corrected chi connectivity index (χ3v) is 5.92. The van der Waals surface area contributed by atoms with E-state index in [0.29, 0.717) is 23.7 Å². The maximum Gasteiger partial charge on any atom is 0.297 e. The van der Waals surface area contributed by atoms with Gasteiger partial charge in [-0.05, 0) is 63.1 Å². The van der Waals surface area contributed by atoms with E-state index in [2.05, 4.69) is 5.16 Å². The van der Waals surface area contributed by atoms with E-state index in [-0.39, 0.29) is 29.5 Å². The molecule has 2 atom stereocenters. The zero-order valence-electron chi connectivity index (χ0n) is 17.7. The van der Waals surface area contributed by atoms with Crippen molar-refractivity contribution in [1.29, 1.82) is 0 Å². The minimum absolute atomic E-state index is 0.00623. The molecule has 0 spiro atoms. The molecule has 7 heteroatoms. The van der Waals surface area contributed by atoms with Crippen molar-refractivity contribution in [2.75, 3.05) is 16.3 Å². The van der Waals surface area contributed by atoms with Gasteiger partial charge < -0.3 is 14.3 Å². The van der Waals surface area contributed by atoms with E-state index >= 15 is 0 Å². The van der Waals surface area contributed by atoms with Crippen molar-refractivity contribution in [1.82, 2.24) is 5.16 Å². The topological polar surface area (TPSA) is 66.7 Å². The standard InChI is InChI=1S/C24H24ClN3O3/c1-4-27(18-11-9-17(25)10-12-18)23(29)20-14-16(3)28(21-8-6-5-7-19(20)21)24(30)22-13-15(2)26-31-22/h5-13,16,20H,4,14H2,1-3H3/t16-,20-/m0/s1. The lowest BCUT2D eigenvalue weighted by atomic mass is 9.84. The van der Waals surface area contributed by atoms with E-state index in [4.69, 9.17) is 16.1 Å². The summed E-state index contributed by atoms with van der Waals surface area (Å²) in [6, 6.07) is 16.3. The number of likely N-dealkylation sites (N-methyl/N-ethyl adjacent to an activating group) is 1. The number of halogens is 1. The summed E-state index contributed by atoms with van der Waals surface area (Å²) in [5.74, 6) is -0.411. The van der Waals surface area contributed by atoms with Crippen LogP contribution in [0.2, 0.25) is 5.02 Å². The van der Waals surface area contributed by atoms with Gasteiger partial charge in [0.2, 0.25) is 11.7 Å². The molecule has 0 N–H and O–H groups in total. The van der Waals surface area contributed by atoms with Gasteiger partial charge in [-0.3, -0.25) is 9.59 Å². The minimum atomic E-state index is -0.359. The molecule has 2 heterocycles. The van der Waals surface area contributed by atoms with Crippen LogP contribution >= 0.6 is 11.6 Å². The smallest absolute Gasteiger partial charge is 0.297 e. The van der Waals surface area contributed by atoms with Crippen LogP contribution in [0, 0.1) is 6.92 Å². The van der Waals surface area contributed by atoms with Gasteiger partial charge in [0.15, 0.2) is 0 Å². The maximum absolute atomic E-state index is 13.6. The number of amides is 2. The highest BCUT2D eigenvalue weighted by molar-refractivity contribution is 6.30. The largest absolute Gasteiger partial charge is 0.351 e. The van der Waals surface area contributed by atoms with Crippen molar-refractivity contribution in [2.24, 2.45) is 0 Å². The number of aromatic nitrogens is 1. The fourth-order valence-electron chi connectivity index (χ4n) is 4.21. The van der Waals surface area contributed by atoms with Crippen LogP contribution in [0.4, 0.5) is 11.4 Å². The molecule has 2 amide bonds. The molecule has 6 nitrogen and oxygen atoms in total. The van der Waals surface area contributed by atoms with Gasteiger partial charge in [-0.15, -0.1) is 0 Å². The Morgan fingerprint density at radius 3 is 2.55 bits per heavy atom. The van der Waals surface area contributed by atoms with Gasteiger partial charge in [-0.2, -0.15) is 0 Å². The highest BCUT2D eigenvalue weighted by Crippen LogP contribution is 2.40. The van der Waals surface area contributed by atoms with E-state index in [1.807, 2.05) is 50.2 Å². The Hall–Kier alpha value is -3.12. The third kappa shape index (κ3) is 3.95. The summed E-state index contributed by atoms with van der Waals surface area (Å²) in [4.78, 5) is 30.3. The van der Waals surface area contributed by atoms with E-state index in [1.54, 1.807) is 34.9 Å². The summed E-state index contributed by atoms with van der Waals surface area (Å²) in [6.07, 6.45) is 0.513. The molecule has 1 aliphatic rings. The van der Waals surface area contributed by atoms with Crippen LogP contribution in [-0.4, -0.2) is 29.6 Å². The van der Waals surface area contributed by atoms with Crippen LogP contribution in [0.25, 0.3) is 0 Å². The first kappa shape index (κ1) is 21.1. The molecule has 0 saturated carbocycles. The number of para-hydroxylation sites is 1. The van der Waals surface area contributed by atoms with Crippen molar-refractivity contribution >= 4 is 34.8 Å². The second kappa shape index (κ2) is 8.55. The van der Waals surface area contributed by atoms with Crippen LogP contribution in [-0.2, 0) is 4.79 Å². The summed E-state index contributed by atoms with van der Waals surface area (Å²) in [7, 11) is 0. The van der Waals surface area contributed by atoms with Crippen molar-refractivity contribution in [3.05, 3.63) is 76.6 Å². The van der Waals surface area contributed by atoms with Crippen LogP contribution in [0.15, 0.2) is 59.1 Å². The molecular weight excluding hydrogens is 414 g/mol. The third-order valence-electron chi connectivity index (χ3n) is 5.67. The van der Waals surface area contributed by atoms with Gasteiger partial charge in [-0.25, -0.2) is 0 Å². The molecule has 0 bridgehead atoms. The maximum atomic E-state index is 13.6. The van der Waals surface area contributed by atoms with Gasteiger partial charge in [0, 0.05) is 35.1 Å². The normalized spacial score (nSPS) is 17.9. The Balaban J connectivity index is 1.70. The zero-order valence-corrected chi connectivity index (χ0v) is 18.5. The number of benzene rings is 2. The van der Waals surface area contributed by atoms with Crippen LogP contribution in [0.5, 0.6) is 0 Å². The molecule has 0 fully saturated rings. The predicted octanol–water partition coefficient (Wildman–Crippen LogP) is 5.21. The van der Waals surface area contributed by atoms with Crippen molar-refractivity contribution in [2.45, 2.75) is 39.2 Å². The summed E-state index contributed by atoms with van der Waals surface area (Å²) < 4.78 is 5.21. The Labute approximate surface area is 186 Å². The van der Waals surface area contributed by atoms with Crippen molar-refractivity contribution in [3.63, 3.8) is 0 Å². The van der Waals surface area contributed by atoms with Crippen molar-refractivity contribution < 1.29 is 14.1 Å². The zero-order chi connectivity index (χ0) is 22.1. The Morgan fingerprint density at radius 2 is 1.90 bits per heavy atom. The van der Waals surface area contributed by atoms with Crippen molar-refractivity contribution in [3.8, 4) is 0 Å². The number of rotatable bonds is 4. The van der Waals surface area contributed by atoms with Gasteiger partial charge in [0.25, 0.3) is 5.91 Å². The van der Waals surface area contributed by atoms with Gasteiger partial charge in [0.05, 0.1) is 11.6 Å². The van der Waals surface area contributed by atoms with E-state index in [0.717, 1.165) is 16.9 Å². The summed E-state index contributed by atoms with van der Waals surface area (Å²) in [5.41, 5.74) is 3.02. The second-order valence-corrected chi connectivity index (χ2v) is 8.20. The monoisotopic (exact) mass is 437 g/mol. The molecule has 0 radical (unpaired) electrons. The van der Waals surface area contributed by atoms with E-state index in [1.165, 1.54) is 0 Å². The highest BCUT2D eigenvalue weighted by Gasteiger charge is 2.39. The number of fused-ring (bicyclic) bond motifs is 1. The average Bonchev–Trinajstić information content (AvgIpc) is 3.21. The minimum Gasteiger partial charge on any atom is -0.351 e. The van der Waals surface area contributed by atoms with Crippen LogP contribution < -0.4 is 9.80 Å². The molecule has 0 unspecified atom stereocenters. The molecule has 31 heavy (non-hydrogen) atoms. The number of hydrogen-bond acceptors (Lipinski definition) is 4. The molecule has 1 aromatic heterocycles. The number of anilines is 2. The molecule has 0 saturated heterocycles. The SMILES string of the molecule is CCN(C(=O)[C@H]1C[C@H](C)N(C(=O)c2cc(C)no2)c2ccccc21)c1ccc(Cl)cc1. The van der Waals surface area contributed by atoms with Gasteiger partial charge >= 0.3 is 0 Å². The number of nitrogens with zero attached hydrogens (tertiary/aromatic N) is 3. The van der Waals surface area contributed by atoms with E-state index < -0.39 is 0 Å². The Kier molecular flexibility index (Phi) is 5.83. The fraction of sp³-hybridized carbons (Fsp3) is 0.292. The Morgan fingerprint density at radius 1 is 1.19 bits per heavy atom. The number of hydrogen-bond donors (Lipinski definition) is 0. The summed E-state index contributed by atoms with van der Waals surface area (Å²) >= 11 is 6.02. The first-order valence-electron chi connectivity index (χ1n) is 10.3. The highest BCUT2D eigenvalue weighted by atomic mass is 35.5. The number of carbonyl (C=O) groups excluding carboxylic acids is 2. The fourth-order valence-corrected chi connectivity index (χ4v) is 4.34. The molecule has 0 aliphatic carbocycles. The van der Waals surface area contributed by atoms with Crippen LogP contribution in [0.3, 0.4) is 0 Å². The summed E-state index contributed by atoms with van der Waals surface area (Å²) in [6.45, 7) is 6.22.